The molecule has 0 spiro atoms. The van der Waals surface area contributed by atoms with Gasteiger partial charge in [0.05, 0.1) is 16.0 Å². The molecule has 222 valence electrons. The Kier molecular flexibility index (Phi) is 9.09. The fourth-order valence-electron chi connectivity index (χ4n) is 4.92. The molecule has 42 heavy (non-hydrogen) atoms. The number of halogens is 2. The summed E-state index contributed by atoms with van der Waals surface area (Å²) in [6.07, 6.45) is 1.61. The van der Waals surface area contributed by atoms with E-state index in [1.165, 1.54) is 6.07 Å². The molecule has 6 N–H and O–H groups in total. The largest absolute Gasteiger partial charge is 0.385 e. The standard InChI is InChI=1S/C29H33F2N7O3S/c1-37-6-8-38(9-7-37)20-2-3-22(24(15-20)34-19-4-10-41-11-5-19)28(39)35-26(32)23-16-25(29(40)36-27(23)33)42-21-13-17(30)12-18(31)14-21/h2-3,12-16,19,34H,4-11H2,1H3,(H2,32,35,39)(H3,33,36,40). The van der Waals surface area contributed by atoms with Crippen LogP contribution < -0.4 is 27.2 Å². The van der Waals surface area contributed by atoms with Gasteiger partial charge in [0, 0.05) is 67.8 Å². The fraction of sp³-hybridized carbons (Fsp3) is 0.345. The van der Waals surface area contributed by atoms with Crippen molar-refractivity contribution in [2.45, 2.75) is 28.7 Å². The number of H-pyrrole nitrogens is 1. The van der Waals surface area contributed by atoms with Gasteiger partial charge in [-0.15, -0.1) is 0 Å². The van der Waals surface area contributed by atoms with E-state index in [1.807, 2.05) is 12.1 Å². The number of amides is 1. The quantitative estimate of drug-likeness (QED) is 0.238. The van der Waals surface area contributed by atoms with Crippen molar-refractivity contribution < 1.29 is 18.3 Å². The van der Waals surface area contributed by atoms with Gasteiger partial charge in [-0.05, 0) is 56.3 Å². The SMILES string of the molecule is CN1CCN(c2ccc(C(=O)N=C(N)c3cc(Sc4cc(F)cc(F)c4)c(=O)[nH]c3N)c(NC3CCOCC3)c2)CC1. The zero-order valence-corrected chi connectivity index (χ0v) is 24.0. The Morgan fingerprint density at radius 3 is 2.43 bits per heavy atom. The number of nitrogens with two attached hydrogens (primary N) is 2. The van der Waals surface area contributed by atoms with Crippen LogP contribution in [0.2, 0.25) is 0 Å². The Balaban J connectivity index is 1.44. The highest BCUT2D eigenvalue weighted by molar-refractivity contribution is 7.99. The Labute approximate surface area is 246 Å². The zero-order valence-electron chi connectivity index (χ0n) is 23.2. The molecule has 3 aromatic rings. The molecule has 0 aliphatic carbocycles. The number of nitrogen functional groups attached to an aromatic ring is 1. The smallest absolute Gasteiger partial charge is 0.281 e. The van der Waals surface area contributed by atoms with Crippen LogP contribution in [-0.2, 0) is 4.74 Å². The summed E-state index contributed by atoms with van der Waals surface area (Å²) in [7, 11) is 2.09. The molecule has 2 aliphatic heterocycles. The van der Waals surface area contributed by atoms with Gasteiger partial charge in [0.25, 0.3) is 11.5 Å². The second-order valence-electron chi connectivity index (χ2n) is 10.4. The van der Waals surface area contributed by atoms with Gasteiger partial charge in [0.2, 0.25) is 0 Å². The Hall–Kier alpha value is -3.94. The van der Waals surface area contributed by atoms with Gasteiger partial charge in [-0.1, -0.05) is 11.8 Å². The van der Waals surface area contributed by atoms with Crippen LogP contribution in [0.1, 0.15) is 28.8 Å². The van der Waals surface area contributed by atoms with Crippen LogP contribution in [0.5, 0.6) is 0 Å². The van der Waals surface area contributed by atoms with Crippen molar-refractivity contribution >= 4 is 40.7 Å². The summed E-state index contributed by atoms with van der Waals surface area (Å²) in [6.45, 7) is 4.91. The number of piperazine rings is 1. The summed E-state index contributed by atoms with van der Waals surface area (Å²) < 4.78 is 32.9. The molecular formula is C29H33F2N7O3S. The molecule has 10 nitrogen and oxygen atoms in total. The first kappa shape index (κ1) is 29.5. The number of aromatic amines is 1. The van der Waals surface area contributed by atoms with E-state index in [1.54, 1.807) is 6.07 Å². The van der Waals surface area contributed by atoms with Crippen molar-refractivity contribution in [1.29, 1.82) is 0 Å². The molecule has 0 unspecified atom stereocenters. The minimum atomic E-state index is -0.778. The van der Waals surface area contributed by atoms with E-state index in [-0.39, 0.29) is 33.0 Å². The first-order chi connectivity index (χ1) is 20.2. The van der Waals surface area contributed by atoms with E-state index < -0.39 is 23.1 Å². The summed E-state index contributed by atoms with van der Waals surface area (Å²) in [6, 6.07) is 10.0. The summed E-state index contributed by atoms with van der Waals surface area (Å²) >= 11 is 0.833. The average Bonchev–Trinajstić information content (AvgIpc) is 2.95. The lowest BCUT2D eigenvalue weighted by atomic mass is 10.1. The van der Waals surface area contributed by atoms with Gasteiger partial charge < -0.3 is 36.3 Å². The lowest BCUT2D eigenvalue weighted by Gasteiger charge is -2.34. The van der Waals surface area contributed by atoms with Crippen molar-refractivity contribution in [1.82, 2.24) is 9.88 Å². The van der Waals surface area contributed by atoms with Gasteiger partial charge in [-0.25, -0.2) is 8.78 Å². The molecule has 2 saturated heterocycles. The van der Waals surface area contributed by atoms with Gasteiger partial charge in [-0.3, -0.25) is 9.59 Å². The lowest BCUT2D eigenvalue weighted by molar-refractivity contribution is 0.0904. The number of nitrogens with one attached hydrogen (secondary N) is 2. The number of aromatic nitrogens is 1. The topological polar surface area (TPSA) is 142 Å². The molecule has 3 heterocycles. The minimum absolute atomic E-state index is 0.0770. The summed E-state index contributed by atoms with van der Waals surface area (Å²) in [4.78, 5) is 37.4. The number of pyridine rings is 1. The third-order valence-corrected chi connectivity index (χ3v) is 8.28. The van der Waals surface area contributed by atoms with Crippen LogP contribution in [-0.4, -0.2) is 74.1 Å². The molecular weight excluding hydrogens is 564 g/mol. The molecule has 2 fully saturated rings. The second kappa shape index (κ2) is 12.9. The number of hydrogen-bond donors (Lipinski definition) is 4. The fourth-order valence-corrected chi connectivity index (χ4v) is 5.84. The van der Waals surface area contributed by atoms with E-state index >= 15 is 0 Å². The van der Waals surface area contributed by atoms with Gasteiger partial charge in [-0.2, -0.15) is 4.99 Å². The molecule has 13 heteroatoms. The minimum Gasteiger partial charge on any atom is -0.385 e. The third-order valence-electron chi connectivity index (χ3n) is 7.28. The zero-order chi connectivity index (χ0) is 29.8. The first-order valence-corrected chi connectivity index (χ1v) is 14.5. The van der Waals surface area contributed by atoms with E-state index in [0.717, 1.165) is 74.7 Å². The van der Waals surface area contributed by atoms with E-state index in [2.05, 4.69) is 32.1 Å². The van der Waals surface area contributed by atoms with Crippen molar-refractivity contribution in [3.05, 3.63) is 75.6 Å². The number of rotatable bonds is 7. The van der Waals surface area contributed by atoms with Crippen molar-refractivity contribution in [3.8, 4) is 0 Å². The molecule has 1 amide bonds. The van der Waals surface area contributed by atoms with Crippen molar-refractivity contribution in [3.63, 3.8) is 0 Å². The highest BCUT2D eigenvalue weighted by atomic mass is 32.2. The predicted octanol–water partition coefficient (Wildman–Crippen LogP) is 3.27. The highest BCUT2D eigenvalue weighted by Crippen LogP contribution is 2.29. The number of benzene rings is 2. The van der Waals surface area contributed by atoms with Gasteiger partial charge in [0.15, 0.2) is 0 Å². The molecule has 1 aromatic heterocycles. The van der Waals surface area contributed by atoms with E-state index in [4.69, 9.17) is 16.2 Å². The maximum Gasteiger partial charge on any atom is 0.281 e. The van der Waals surface area contributed by atoms with Crippen LogP contribution in [0.25, 0.3) is 0 Å². The maximum absolute atomic E-state index is 13.7. The summed E-state index contributed by atoms with van der Waals surface area (Å²) in [5.74, 6) is -2.44. The molecule has 2 aliphatic rings. The normalized spacial score (nSPS) is 16.9. The highest BCUT2D eigenvalue weighted by Gasteiger charge is 2.22. The lowest BCUT2D eigenvalue weighted by Crippen LogP contribution is -2.44. The molecule has 5 rings (SSSR count). The number of ether oxygens (including phenoxy) is 1. The number of aliphatic imine (C=N–C) groups is 1. The second-order valence-corrected chi connectivity index (χ2v) is 11.5. The van der Waals surface area contributed by atoms with Crippen molar-refractivity contribution in [2.75, 3.05) is 62.4 Å². The molecule has 0 atom stereocenters. The molecule has 2 aromatic carbocycles. The number of anilines is 3. The Bertz CT molecular complexity index is 1530. The maximum atomic E-state index is 13.7. The number of hydrogen-bond acceptors (Lipinski definition) is 8. The number of carbonyl (C=O) groups is 1. The average molecular weight is 598 g/mol. The van der Waals surface area contributed by atoms with Gasteiger partial charge in [0.1, 0.15) is 23.3 Å². The Morgan fingerprint density at radius 2 is 1.74 bits per heavy atom. The molecule has 0 saturated carbocycles. The number of carbonyl (C=O) groups excluding carboxylic acids is 1. The molecule has 0 bridgehead atoms. The Morgan fingerprint density at radius 1 is 1.05 bits per heavy atom. The van der Waals surface area contributed by atoms with Gasteiger partial charge >= 0.3 is 0 Å². The van der Waals surface area contributed by atoms with Crippen molar-refractivity contribution in [2.24, 2.45) is 10.7 Å². The van der Waals surface area contributed by atoms with E-state index in [9.17, 15) is 18.4 Å². The van der Waals surface area contributed by atoms with Crippen LogP contribution in [0.4, 0.5) is 26.0 Å². The number of nitrogens with zero attached hydrogens (tertiary/aromatic N) is 3. The summed E-state index contributed by atoms with van der Waals surface area (Å²) in [5.41, 5.74) is 13.8. The van der Waals surface area contributed by atoms with E-state index in [0.29, 0.717) is 24.5 Å². The summed E-state index contributed by atoms with van der Waals surface area (Å²) in [5, 5.41) is 3.51. The van der Waals surface area contributed by atoms with Crippen LogP contribution in [0, 0.1) is 11.6 Å². The van der Waals surface area contributed by atoms with Crippen LogP contribution in [0.15, 0.2) is 62.0 Å². The third kappa shape index (κ3) is 7.09. The monoisotopic (exact) mass is 597 g/mol. The van der Waals surface area contributed by atoms with Crippen LogP contribution in [0.3, 0.4) is 0 Å². The van der Waals surface area contributed by atoms with Crippen LogP contribution >= 0.6 is 11.8 Å². The molecule has 0 radical (unpaired) electrons. The predicted molar refractivity (Wildman–Crippen MR) is 161 cm³/mol. The first-order valence-electron chi connectivity index (χ1n) is 13.6. The number of likely N-dealkylation sites (N-methyl/N-ethyl adjacent to an activating group) is 1. The number of amidine groups is 1.